The van der Waals surface area contributed by atoms with Gasteiger partial charge in [-0.2, -0.15) is 0 Å². The normalized spacial score (nSPS) is 30.3. The lowest BCUT2D eigenvalue weighted by Crippen LogP contribution is -2.48. The third kappa shape index (κ3) is 3.48. The largest absolute Gasteiger partial charge is 0.495 e. The highest BCUT2D eigenvalue weighted by Gasteiger charge is 2.51. The fourth-order valence-corrected chi connectivity index (χ4v) is 8.19. The predicted molar refractivity (Wildman–Crippen MR) is 118 cm³/mol. The van der Waals surface area contributed by atoms with Crippen molar-refractivity contribution in [2.45, 2.75) is 48.8 Å². The molecule has 29 heavy (non-hydrogen) atoms. The maximum absolute atomic E-state index is 12.9. The summed E-state index contributed by atoms with van der Waals surface area (Å²) < 4.78 is 34.5. The molecule has 0 aromatic heterocycles. The Morgan fingerprint density at radius 1 is 0.966 bits per heavy atom. The zero-order valence-corrected chi connectivity index (χ0v) is 18.9. The summed E-state index contributed by atoms with van der Waals surface area (Å²) in [7, 11) is -2.27. The molecule has 0 saturated heterocycles. The highest BCUT2D eigenvalue weighted by Crippen LogP contribution is 2.60. The second kappa shape index (κ2) is 7.02. The number of nitrogens with one attached hydrogen (secondary N) is 1. The number of hydrogen-bond acceptors (Lipinski definition) is 3. The number of hydrogen-bond donors (Lipinski definition) is 1. The molecule has 0 aliphatic heterocycles. The van der Waals surface area contributed by atoms with Crippen molar-refractivity contribution in [3.8, 4) is 5.75 Å². The van der Waals surface area contributed by atoms with E-state index in [1.165, 1.54) is 51.2 Å². The predicted octanol–water partition coefficient (Wildman–Crippen LogP) is 5.73. The van der Waals surface area contributed by atoms with Gasteiger partial charge in [0.1, 0.15) is 10.6 Å². The molecule has 6 heteroatoms. The second-order valence-electron chi connectivity index (χ2n) is 9.18. The van der Waals surface area contributed by atoms with Crippen LogP contribution in [0.2, 0.25) is 0 Å². The number of ether oxygens (including phenoxy) is 1. The monoisotopic (exact) mass is 475 g/mol. The molecule has 4 bridgehead atoms. The SMILES string of the molecule is COc1ccc(Br)cc1S(=O)(=O)Nc1ccc(C23CC4CC(CC(C4)C2)C3)cc1. The molecule has 4 nitrogen and oxygen atoms in total. The Morgan fingerprint density at radius 2 is 1.55 bits per heavy atom. The van der Waals surface area contributed by atoms with Crippen LogP contribution in [0.25, 0.3) is 0 Å². The van der Waals surface area contributed by atoms with Crippen LogP contribution in [-0.2, 0) is 15.4 Å². The van der Waals surface area contributed by atoms with Crippen LogP contribution >= 0.6 is 15.9 Å². The summed E-state index contributed by atoms with van der Waals surface area (Å²) in [5, 5.41) is 0. The van der Waals surface area contributed by atoms with Gasteiger partial charge >= 0.3 is 0 Å². The lowest BCUT2D eigenvalue weighted by atomic mass is 9.48. The van der Waals surface area contributed by atoms with Gasteiger partial charge in [0.2, 0.25) is 0 Å². The Kier molecular flexibility index (Phi) is 4.70. The van der Waals surface area contributed by atoms with E-state index in [4.69, 9.17) is 4.74 Å². The number of sulfonamides is 1. The van der Waals surface area contributed by atoms with Crippen LogP contribution in [0, 0.1) is 17.8 Å². The number of halogens is 1. The van der Waals surface area contributed by atoms with E-state index in [1.807, 2.05) is 12.1 Å². The van der Waals surface area contributed by atoms with Gasteiger partial charge in [-0.05, 0) is 97.6 Å². The van der Waals surface area contributed by atoms with Crippen molar-refractivity contribution >= 4 is 31.6 Å². The number of rotatable bonds is 5. The first-order valence-electron chi connectivity index (χ1n) is 10.3. The molecule has 0 heterocycles. The molecule has 6 rings (SSSR count). The minimum absolute atomic E-state index is 0.125. The fraction of sp³-hybridized carbons (Fsp3) is 0.478. The summed E-state index contributed by atoms with van der Waals surface area (Å²) in [5.41, 5.74) is 2.29. The summed E-state index contributed by atoms with van der Waals surface area (Å²) >= 11 is 3.34. The summed E-state index contributed by atoms with van der Waals surface area (Å²) in [4.78, 5) is 0.125. The summed E-state index contributed by atoms with van der Waals surface area (Å²) in [6.45, 7) is 0. The van der Waals surface area contributed by atoms with Crippen molar-refractivity contribution in [1.29, 1.82) is 0 Å². The Morgan fingerprint density at radius 3 is 2.10 bits per heavy atom. The maximum atomic E-state index is 12.9. The van der Waals surface area contributed by atoms with Crippen LogP contribution < -0.4 is 9.46 Å². The van der Waals surface area contributed by atoms with E-state index in [1.54, 1.807) is 18.2 Å². The number of methoxy groups -OCH3 is 1. The van der Waals surface area contributed by atoms with E-state index < -0.39 is 10.0 Å². The van der Waals surface area contributed by atoms with Gasteiger partial charge in [0, 0.05) is 10.2 Å². The highest BCUT2D eigenvalue weighted by atomic mass is 79.9. The molecule has 4 aliphatic carbocycles. The van der Waals surface area contributed by atoms with Crippen LogP contribution in [0.5, 0.6) is 5.75 Å². The maximum Gasteiger partial charge on any atom is 0.265 e. The molecule has 0 atom stereocenters. The van der Waals surface area contributed by atoms with E-state index in [0.29, 0.717) is 21.3 Å². The smallest absolute Gasteiger partial charge is 0.265 e. The van der Waals surface area contributed by atoms with Crippen LogP contribution in [0.3, 0.4) is 0 Å². The molecule has 2 aromatic rings. The van der Waals surface area contributed by atoms with Crippen LogP contribution in [0.1, 0.15) is 44.1 Å². The van der Waals surface area contributed by atoms with Crippen LogP contribution in [0.4, 0.5) is 5.69 Å². The van der Waals surface area contributed by atoms with Crippen molar-refractivity contribution in [2.75, 3.05) is 11.8 Å². The zero-order valence-electron chi connectivity index (χ0n) is 16.5. The molecule has 0 spiro atoms. The summed E-state index contributed by atoms with van der Waals surface area (Å²) in [5.74, 6) is 3.00. The molecular weight excluding hydrogens is 450 g/mol. The molecule has 0 radical (unpaired) electrons. The zero-order chi connectivity index (χ0) is 20.2. The first-order valence-corrected chi connectivity index (χ1v) is 12.6. The molecule has 154 valence electrons. The van der Waals surface area contributed by atoms with E-state index in [-0.39, 0.29) is 4.90 Å². The standard InChI is InChI=1S/C23H26BrNO3S/c1-28-21-7-4-19(24)11-22(21)29(26,27)25-20-5-2-18(3-6-20)23-12-15-8-16(13-23)10-17(9-15)14-23/h2-7,11,15-17,25H,8-10,12-14H2,1H3. The van der Waals surface area contributed by atoms with Gasteiger partial charge in [-0.25, -0.2) is 8.42 Å². The molecule has 2 aromatic carbocycles. The molecule has 4 fully saturated rings. The van der Waals surface area contributed by atoms with E-state index in [0.717, 1.165) is 17.8 Å². The number of anilines is 1. The molecular formula is C23H26BrNO3S. The minimum Gasteiger partial charge on any atom is -0.495 e. The van der Waals surface area contributed by atoms with Crippen molar-refractivity contribution < 1.29 is 13.2 Å². The van der Waals surface area contributed by atoms with E-state index in [9.17, 15) is 8.42 Å². The topological polar surface area (TPSA) is 55.4 Å². The van der Waals surface area contributed by atoms with Crippen molar-refractivity contribution in [1.82, 2.24) is 0 Å². The molecule has 4 saturated carbocycles. The number of benzene rings is 2. The lowest BCUT2D eigenvalue weighted by molar-refractivity contribution is -0.00518. The molecule has 1 N–H and O–H groups in total. The summed E-state index contributed by atoms with van der Waals surface area (Å²) in [6, 6.07) is 13.1. The molecule has 0 unspecified atom stereocenters. The Hall–Kier alpha value is -1.53. The van der Waals surface area contributed by atoms with E-state index >= 15 is 0 Å². The van der Waals surface area contributed by atoms with Gasteiger partial charge in [0.25, 0.3) is 10.0 Å². The van der Waals surface area contributed by atoms with Crippen molar-refractivity contribution in [2.24, 2.45) is 17.8 Å². The van der Waals surface area contributed by atoms with Gasteiger partial charge in [-0.15, -0.1) is 0 Å². The van der Waals surface area contributed by atoms with Gasteiger partial charge < -0.3 is 4.74 Å². The van der Waals surface area contributed by atoms with Gasteiger partial charge in [0.15, 0.2) is 0 Å². The van der Waals surface area contributed by atoms with Gasteiger partial charge in [-0.1, -0.05) is 28.1 Å². The van der Waals surface area contributed by atoms with Crippen LogP contribution in [0.15, 0.2) is 51.8 Å². The molecule has 0 amide bonds. The highest BCUT2D eigenvalue weighted by molar-refractivity contribution is 9.10. The fourth-order valence-electron chi connectivity index (χ4n) is 6.43. The molecule has 4 aliphatic rings. The van der Waals surface area contributed by atoms with Gasteiger partial charge in [-0.3, -0.25) is 4.72 Å². The second-order valence-corrected chi connectivity index (χ2v) is 11.7. The van der Waals surface area contributed by atoms with Crippen molar-refractivity contribution in [3.63, 3.8) is 0 Å². The third-order valence-corrected chi connectivity index (χ3v) is 9.10. The van der Waals surface area contributed by atoms with Crippen molar-refractivity contribution in [3.05, 3.63) is 52.5 Å². The first-order chi connectivity index (χ1) is 13.9. The Bertz CT molecular complexity index is 997. The quantitative estimate of drug-likeness (QED) is 0.600. The minimum atomic E-state index is -3.74. The Labute approximate surface area is 181 Å². The Balaban J connectivity index is 1.39. The average molecular weight is 476 g/mol. The van der Waals surface area contributed by atoms with E-state index in [2.05, 4.69) is 32.8 Å². The summed E-state index contributed by atoms with van der Waals surface area (Å²) in [6.07, 6.45) is 8.18. The lowest BCUT2D eigenvalue weighted by Gasteiger charge is -2.57. The van der Waals surface area contributed by atoms with Gasteiger partial charge in [0.05, 0.1) is 7.11 Å². The third-order valence-electron chi connectivity index (χ3n) is 7.20. The average Bonchev–Trinajstić information content (AvgIpc) is 2.67. The van der Waals surface area contributed by atoms with Crippen LogP contribution in [-0.4, -0.2) is 15.5 Å². The first kappa shape index (κ1) is 19.4.